The smallest absolute Gasteiger partial charge is 0.246 e. The number of hydrogen-bond acceptors (Lipinski definition) is 6. The lowest BCUT2D eigenvalue weighted by atomic mass is 9.94. The molecule has 0 bridgehead atoms. The molecule has 0 aromatic carbocycles. The maximum Gasteiger partial charge on any atom is 0.246 e. The fourth-order valence-electron chi connectivity index (χ4n) is 2.68. The van der Waals surface area contributed by atoms with E-state index in [1.165, 1.54) is 6.42 Å². The summed E-state index contributed by atoms with van der Waals surface area (Å²) in [5.74, 6) is 1.32. The largest absolute Gasteiger partial charge is 0.337 e. The summed E-state index contributed by atoms with van der Waals surface area (Å²) in [4.78, 5) is 9.22. The third-order valence-corrected chi connectivity index (χ3v) is 4.49. The van der Waals surface area contributed by atoms with Gasteiger partial charge in [0.2, 0.25) is 5.89 Å². The van der Waals surface area contributed by atoms with Crippen molar-refractivity contribution >= 4 is 0 Å². The van der Waals surface area contributed by atoms with Crippen LogP contribution in [0.4, 0.5) is 0 Å². The molecule has 1 fully saturated rings. The molecule has 20 heavy (non-hydrogen) atoms. The lowest BCUT2D eigenvalue weighted by molar-refractivity contribution is 0.213. The van der Waals surface area contributed by atoms with Gasteiger partial charge in [0.05, 0.1) is 11.6 Å². The fourth-order valence-corrected chi connectivity index (χ4v) is 2.68. The number of hydrogen-bond donors (Lipinski definition) is 1. The Bertz CT molecular complexity index is 429. The maximum absolute atomic E-state index is 6.33. The van der Waals surface area contributed by atoms with Crippen molar-refractivity contribution < 1.29 is 4.52 Å². The lowest BCUT2D eigenvalue weighted by Gasteiger charge is -2.24. The van der Waals surface area contributed by atoms with E-state index in [2.05, 4.69) is 47.9 Å². The quantitative estimate of drug-likeness (QED) is 0.898. The van der Waals surface area contributed by atoms with Crippen molar-refractivity contribution in [2.45, 2.75) is 44.7 Å². The second kappa shape index (κ2) is 6.20. The molecule has 6 nitrogen and oxygen atoms in total. The van der Waals surface area contributed by atoms with E-state index in [0.29, 0.717) is 5.89 Å². The van der Waals surface area contributed by atoms with Gasteiger partial charge in [0.1, 0.15) is 0 Å². The highest BCUT2D eigenvalue weighted by molar-refractivity contribution is 5.04. The minimum absolute atomic E-state index is 0.179. The van der Waals surface area contributed by atoms with Crippen LogP contribution in [0.3, 0.4) is 0 Å². The Labute approximate surface area is 121 Å². The van der Waals surface area contributed by atoms with Crippen molar-refractivity contribution in [3.05, 3.63) is 11.7 Å². The average Bonchev–Trinajstić information content (AvgIpc) is 2.87. The molecule has 0 radical (unpaired) electrons. The van der Waals surface area contributed by atoms with E-state index in [4.69, 9.17) is 10.3 Å². The number of nitrogens with zero attached hydrogens (tertiary/aromatic N) is 4. The predicted octanol–water partition coefficient (Wildman–Crippen LogP) is 1.35. The zero-order valence-electron chi connectivity index (χ0n) is 13.1. The van der Waals surface area contributed by atoms with Gasteiger partial charge in [-0.1, -0.05) is 19.0 Å². The van der Waals surface area contributed by atoms with Crippen LogP contribution in [0.5, 0.6) is 0 Å². The van der Waals surface area contributed by atoms with Gasteiger partial charge in [0, 0.05) is 6.54 Å². The Morgan fingerprint density at radius 1 is 1.30 bits per heavy atom. The van der Waals surface area contributed by atoms with Crippen LogP contribution in [0.25, 0.3) is 0 Å². The molecule has 1 unspecified atom stereocenters. The third kappa shape index (κ3) is 3.02. The maximum atomic E-state index is 6.33. The molecule has 1 aromatic heterocycles. The molecule has 1 aliphatic rings. The van der Waals surface area contributed by atoms with Crippen LogP contribution >= 0.6 is 0 Å². The average molecular weight is 281 g/mol. The van der Waals surface area contributed by atoms with Crippen LogP contribution in [0, 0.1) is 0 Å². The lowest BCUT2D eigenvalue weighted by Crippen LogP contribution is -2.36. The number of nitrogens with two attached hydrogens (primary N) is 1. The van der Waals surface area contributed by atoms with E-state index >= 15 is 0 Å². The Morgan fingerprint density at radius 3 is 2.65 bits per heavy atom. The summed E-state index contributed by atoms with van der Waals surface area (Å²) >= 11 is 0. The molecule has 114 valence electrons. The number of aromatic nitrogens is 2. The van der Waals surface area contributed by atoms with Crippen molar-refractivity contribution in [3.63, 3.8) is 0 Å². The molecule has 6 heteroatoms. The van der Waals surface area contributed by atoms with Crippen LogP contribution in [0.15, 0.2) is 4.52 Å². The molecule has 0 saturated carbocycles. The van der Waals surface area contributed by atoms with E-state index in [9.17, 15) is 0 Å². The molecule has 2 rings (SSSR count). The van der Waals surface area contributed by atoms with Gasteiger partial charge in [0.25, 0.3) is 0 Å². The fraction of sp³-hybridized carbons (Fsp3) is 0.857. The molecule has 1 atom stereocenters. The van der Waals surface area contributed by atoms with E-state index in [1.807, 2.05) is 0 Å². The van der Waals surface area contributed by atoms with Gasteiger partial charge in [0.15, 0.2) is 5.82 Å². The molecule has 2 N–H and O–H groups in total. The van der Waals surface area contributed by atoms with E-state index in [1.54, 1.807) is 0 Å². The summed E-state index contributed by atoms with van der Waals surface area (Å²) in [6.45, 7) is 7.19. The summed E-state index contributed by atoms with van der Waals surface area (Å²) < 4.78 is 5.46. The van der Waals surface area contributed by atoms with Crippen molar-refractivity contribution in [3.8, 4) is 0 Å². The molecule has 0 spiro atoms. The first kappa shape index (κ1) is 15.4. The summed E-state index contributed by atoms with van der Waals surface area (Å²) in [6.07, 6.45) is 2.76. The molecule has 0 amide bonds. The summed E-state index contributed by atoms with van der Waals surface area (Å²) in [7, 11) is 4.26. The SMILES string of the molecule is CCC(N)(CC)c1nc(C2CN(C)CCCN2C)no1. The van der Waals surface area contributed by atoms with Gasteiger partial charge in [-0.25, -0.2) is 0 Å². The van der Waals surface area contributed by atoms with Gasteiger partial charge < -0.3 is 15.2 Å². The Hall–Kier alpha value is -0.980. The van der Waals surface area contributed by atoms with Crippen LogP contribution in [0.1, 0.15) is 50.9 Å². The van der Waals surface area contributed by atoms with Crippen LogP contribution in [-0.4, -0.2) is 53.7 Å². The van der Waals surface area contributed by atoms with Gasteiger partial charge in [-0.2, -0.15) is 4.98 Å². The van der Waals surface area contributed by atoms with Crippen molar-refractivity contribution in [2.24, 2.45) is 5.73 Å². The summed E-state index contributed by atoms with van der Waals surface area (Å²) in [5.41, 5.74) is 5.83. The zero-order valence-corrected chi connectivity index (χ0v) is 13.1. The molecule has 1 saturated heterocycles. The standard InChI is InChI=1S/C14H27N5O/c1-5-14(15,6-2)13-16-12(17-20-13)11-10-18(3)8-7-9-19(11)4/h11H,5-10,15H2,1-4H3. The minimum Gasteiger partial charge on any atom is -0.337 e. The second-order valence-electron chi connectivity index (χ2n) is 5.93. The minimum atomic E-state index is -0.500. The first-order valence-electron chi connectivity index (χ1n) is 7.52. The van der Waals surface area contributed by atoms with Crippen molar-refractivity contribution in [2.75, 3.05) is 33.7 Å². The van der Waals surface area contributed by atoms with E-state index < -0.39 is 5.54 Å². The van der Waals surface area contributed by atoms with Gasteiger partial charge in [-0.05, 0) is 46.4 Å². The summed E-state index contributed by atoms with van der Waals surface area (Å²) in [5, 5.41) is 4.19. The first-order valence-corrected chi connectivity index (χ1v) is 7.52. The van der Waals surface area contributed by atoms with Gasteiger partial charge in [-0.15, -0.1) is 0 Å². The van der Waals surface area contributed by atoms with Crippen LogP contribution in [0.2, 0.25) is 0 Å². The highest BCUT2D eigenvalue weighted by Crippen LogP contribution is 2.27. The van der Waals surface area contributed by atoms with Gasteiger partial charge >= 0.3 is 0 Å². The monoisotopic (exact) mass is 281 g/mol. The number of rotatable bonds is 4. The normalized spacial score (nSPS) is 22.9. The molecule has 0 aliphatic carbocycles. The molecular weight excluding hydrogens is 254 g/mol. The molecular formula is C14H27N5O. The highest BCUT2D eigenvalue weighted by atomic mass is 16.5. The highest BCUT2D eigenvalue weighted by Gasteiger charge is 2.33. The van der Waals surface area contributed by atoms with Crippen molar-refractivity contribution in [1.82, 2.24) is 19.9 Å². The zero-order chi connectivity index (χ0) is 14.8. The molecule has 2 heterocycles. The molecule has 1 aromatic rings. The predicted molar refractivity (Wildman–Crippen MR) is 78.2 cm³/mol. The Kier molecular flexibility index (Phi) is 4.78. The van der Waals surface area contributed by atoms with E-state index in [-0.39, 0.29) is 6.04 Å². The van der Waals surface area contributed by atoms with E-state index in [0.717, 1.165) is 38.3 Å². The Balaban J connectivity index is 2.22. The third-order valence-electron chi connectivity index (χ3n) is 4.49. The first-order chi connectivity index (χ1) is 9.50. The van der Waals surface area contributed by atoms with Gasteiger partial charge in [-0.3, -0.25) is 4.90 Å². The Morgan fingerprint density at radius 2 is 2.00 bits per heavy atom. The topological polar surface area (TPSA) is 71.4 Å². The second-order valence-corrected chi connectivity index (χ2v) is 5.93. The van der Waals surface area contributed by atoms with Crippen LogP contribution in [-0.2, 0) is 5.54 Å². The summed E-state index contributed by atoms with van der Waals surface area (Å²) in [6, 6.07) is 0.179. The molecule has 1 aliphatic heterocycles. The number of likely N-dealkylation sites (N-methyl/N-ethyl adjacent to an activating group) is 2. The van der Waals surface area contributed by atoms with Crippen LogP contribution < -0.4 is 5.73 Å². The van der Waals surface area contributed by atoms with Crippen molar-refractivity contribution in [1.29, 1.82) is 0 Å².